The van der Waals surface area contributed by atoms with Crippen molar-refractivity contribution >= 4 is 35.0 Å². The lowest BCUT2D eigenvalue weighted by atomic mass is 10.0. The van der Waals surface area contributed by atoms with Gasteiger partial charge in [0, 0.05) is 17.0 Å². The molecule has 4 aromatic rings. The molecular weight excluding hydrogens is 476 g/mol. The van der Waals surface area contributed by atoms with E-state index in [-0.39, 0.29) is 17.7 Å². The summed E-state index contributed by atoms with van der Waals surface area (Å²) in [7, 11) is 1.60. The molecule has 2 aromatic heterocycles. The van der Waals surface area contributed by atoms with Gasteiger partial charge in [-0.1, -0.05) is 35.5 Å². The number of carbonyl (C=O) groups excluding carboxylic acids is 1. The number of rotatable bonds is 7. The highest BCUT2D eigenvalue weighted by Crippen LogP contribution is 2.34. The summed E-state index contributed by atoms with van der Waals surface area (Å²) < 4.78 is 16.5. The van der Waals surface area contributed by atoms with Crippen LogP contribution in [0.25, 0.3) is 11.5 Å². The summed E-state index contributed by atoms with van der Waals surface area (Å²) in [6.07, 6.45) is 2.12. The first-order valence-corrected chi connectivity index (χ1v) is 11.8. The van der Waals surface area contributed by atoms with Crippen LogP contribution in [0.2, 0.25) is 5.02 Å². The highest BCUT2D eigenvalue weighted by molar-refractivity contribution is 7.99. The predicted octanol–water partition coefficient (Wildman–Crippen LogP) is 5.46. The molecule has 3 heterocycles. The molecule has 0 fully saturated rings. The number of thioether (sulfide) groups is 1. The van der Waals surface area contributed by atoms with Crippen molar-refractivity contribution in [1.82, 2.24) is 15.2 Å². The zero-order chi connectivity index (χ0) is 23.5. The molecule has 1 atom stereocenters. The summed E-state index contributed by atoms with van der Waals surface area (Å²) >= 11 is 7.18. The Hall–Kier alpha value is -3.56. The van der Waals surface area contributed by atoms with Crippen LogP contribution >= 0.6 is 23.4 Å². The lowest BCUT2D eigenvalue weighted by molar-refractivity contribution is -0.130. The topological polar surface area (TPSA) is 94.0 Å². The van der Waals surface area contributed by atoms with Crippen molar-refractivity contribution in [2.24, 2.45) is 5.10 Å². The Morgan fingerprint density at radius 1 is 1.12 bits per heavy atom. The largest absolute Gasteiger partial charge is 0.497 e. The van der Waals surface area contributed by atoms with Gasteiger partial charge in [-0.25, -0.2) is 5.01 Å². The number of hydrogen-bond acceptors (Lipinski definition) is 8. The van der Waals surface area contributed by atoms with Crippen molar-refractivity contribution in [3.8, 4) is 17.2 Å². The molecule has 1 unspecified atom stereocenters. The maximum absolute atomic E-state index is 13.1. The Labute approximate surface area is 204 Å². The summed E-state index contributed by atoms with van der Waals surface area (Å²) in [5.41, 5.74) is 2.46. The highest BCUT2D eigenvalue weighted by Gasteiger charge is 2.35. The molecule has 8 nitrogen and oxygen atoms in total. The van der Waals surface area contributed by atoms with E-state index in [2.05, 4.69) is 15.3 Å². The van der Waals surface area contributed by atoms with Crippen molar-refractivity contribution in [2.45, 2.75) is 17.7 Å². The number of halogens is 1. The highest BCUT2D eigenvalue weighted by atomic mass is 35.5. The molecule has 0 saturated heterocycles. The summed E-state index contributed by atoms with van der Waals surface area (Å²) in [5, 5.41) is 15.1. The molecule has 5 rings (SSSR count). The molecule has 34 heavy (non-hydrogen) atoms. The fourth-order valence-corrected chi connectivity index (χ4v) is 4.31. The standard InChI is InChI=1S/C24H19ClN4O4S/c1-31-18-10-6-16(7-11-18)23-26-27-24(33-23)34-14-22(30)29-20(21-3-2-12-32-21)13-19(28-29)15-4-8-17(25)9-5-15/h2-12,20H,13-14H2,1H3. The van der Waals surface area contributed by atoms with Crippen LogP contribution in [0, 0.1) is 0 Å². The van der Waals surface area contributed by atoms with Crippen LogP contribution < -0.4 is 4.74 Å². The average Bonchev–Trinajstić information content (AvgIpc) is 3.64. The van der Waals surface area contributed by atoms with Crippen LogP contribution in [0.4, 0.5) is 0 Å². The number of amides is 1. The number of ether oxygens (including phenoxy) is 1. The third-order valence-electron chi connectivity index (χ3n) is 5.28. The first-order chi connectivity index (χ1) is 16.6. The molecule has 0 aliphatic carbocycles. The molecule has 0 saturated carbocycles. The number of carbonyl (C=O) groups is 1. The molecule has 1 aliphatic heterocycles. The first-order valence-electron chi connectivity index (χ1n) is 10.4. The molecule has 0 spiro atoms. The van der Waals surface area contributed by atoms with E-state index in [1.54, 1.807) is 31.6 Å². The van der Waals surface area contributed by atoms with Gasteiger partial charge in [0.2, 0.25) is 5.89 Å². The van der Waals surface area contributed by atoms with Gasteiger partial charge in [0.1, 0.15) is 17.6 Å². The summed E-state index contributed by atoms with van der Waals surface area (Å²) in [4.78, 5) is 13.1. The number of hydrogen-bond donors (Lipinski definition) is 0. The van der Waals surface area contributed by atoms with Gasteiger partial charge in [0.25, 0.3) is 11.1 Å². The molecule has 2 aromatic carbocycles. The van der Waals surface area contributed by atoms with Crippen LogP contribution in [0.3, 0.4) is 0 Å². The number of nitrogens with zero attached hydrogens (tertiary/aromatic N) is 4. The minimum absolute atomic E-state index is 0.0822. The van der Waals surface area contributed by atoms with Gasteiger partial charge in [-0.05, 0) is 54.1 Å². The number of methoxy groups -OCH3 is 1. The lowest BCUT2D eigenvalue weighted by Gasteiger charge is -2.19. The third kappa shape index (κ3) is 4.71. The van der Waals surface area contributed by atoms with Crippen molar-refractivity contribution in [1.29, 1.82) is 0 Å². The number of aromatic nitrogens is 2. The van der Waals surface area contributed by atoms with E-state index in [4.69, 9.17) is 25.2 Å². The van der Waals surface area contributed by atoms with E-state index in [1.807, 2.05) is 42.5 Å². The van der Waals surface area contributed by atoms with E-state index in [0.29, 0.717) is 28.3 Å². The first kappa shape index (κ1) is 22.2. The van der Waals surface area contributed by atoms with Gasteiger partial charge in [0.15, 0.2) is 0 Å². The quantitative estimate of drug-likeness (QED) is 0.315. The van der Waals surface area contributed by atoms with Crippen LogP contribution in [0.5, 0.6) is 5.75 Å². The molecule has 0 N–H and O–H groups in total. The number of hydrazone groups is 1. The van der Waals surface area contributed by atoms with Gasteiger partial charge in [-0.2, -0.15) is 5.10 Å². The minimum atomic E-state index is -0.327. The smallest absolute Gasteiger partial charge is 0.277 e. The van der Waals surface area contributed by atoms with E-state index < -0.39 is 0 Å². The van der Waals surface area contributed by atoms with Crippen LogP contribution in [-0.2, 0) is 4.79 Å². The Bertz CT molecular complexity index is 1300. The Balaban J connectivity index is 1.30. The van der Waals surface area contributed by atoms with Gasteiger partial charge in [0.05, 0.1) is 24.8 Å². The third-order valence-corrected chi connectivity index (χ3v) is 6.33. The zero-order valence-corrected chi connectivity index (χ0v) is 19.6. The Morgan fingerprint density at radius 2 is 1.88 bits per heavy atom. The average molecular weight is 495 g/mol. The number of furan rings is 1. The monoisotopic (exact) mass is 494 g/mol. The molecule has 172 valence electrons. The summed E-state index contributed by atoms with van der Waals surface area (Å²) in [6.45, 7) is 0. The summed E-state index contributed by atoms with van der Waals surface area (Å²) in [6, 6.07) is 18.0. The van der Waals surface area contributed by atoms with Crippen LogP contribution in [0.15, 0.2) is 86.1 Å². The fourth-order valence-electron chi connectivity index (χ4n) is 3.57. The van der Waals surface area contributed by atoms with Crippen molar-refractivity contribution < 1.29 is 18.4 Å². The summed E-state index contributed by atoms with van der Waals surface area (Å²) in [5.74, 6) is 1.66. The van der Waals surface area contributed by atoms with E-state index in [0.717, 1.165) is 34.3 Å². The van der Waals surface area contributed by atoms with Gasteiger partial charge < -0.3 is 13.6 Å². The molecule has 0 bridgehead atoms. The fraction of sp³-hybridized carbons (Fsp3) is 0.167. The van der Waals surface area contributed by atoms with Crippen LogP contribution in [0.1, 0.15) is 23.8 Å². The van der Waals surface area contributed by atoms with Crippen LogP contribution in [-0.4, -0.2) is 39.7 Å². The second kappa shape index (κ2) is 9.74. The molecule has 0 radical (unpaired) electrons. The minimum Gasteiger partial charge on any atom is -0.497 e. The van der Waals surface area contributed by atoms with E-state index in [9.17, 15) is 4.79 Å². The second-order valence-electron chi connectivity index (χ2n) is 7.42. The predicted molar refractivity (Wildman–Crippen MR) is 128 cm³/mol. The molecule has 1 amide bonds. The van der Waals surface area contributed by atoms with Gasteiger partial charge in [-0.15, -0.1) is 10.2 Å². The molecular formula is C24H19ClN4O4S. The number of benzene rings is 2. The van der Waals surface area contributed by atoms with E-state index in [1.165, 1.54) is 5.01 Å². The van der Waals surface area contributed by atoms with Crippen molar-refractivity contribution in [3.63, 3.8) is 0 Å². The lowest BCUT2D eigenvalue weighted by Crippen LogP contribution is -2.28. The molecule has 1 aliphatic rings. The Kier molecular flexibility index (Phi) is 6.37. The van der Waals surface area contributed by atoms with E-state index >= 15 is 0 Å². The molecule has 10 heteroatoms. The second-order valence-corrected chi connectivity index (χ2v) is 8.78. The zero-order valence-electron chi connectivity index (χ0n) is 18.1. The SMILES string of the molecule is COc1ccc(-c2nnc(SCC(=O)N3N=C(c4ccc(Cl)cc4)CC3c3ccco3)o2)cc1. The van der Waals surface area contributed by atoms with Gasteiger partial charge in [-0.3, -0.25) is 4.79 Å². The van der Waals surface area contributed by atoms with Crippen molar-refractivity contribution in [2.75, 3.05) is 12.9 Å². The van der Waals surface area contributed by atoms with Crippen molar-refractivity contribution in [3.05, 3.63) is 83.3 Å². The normalized spacial score (nSPS) is 15.4. The Morgan fingerprint density at radius 3 is 2.59 bits per heavy atom. The maximum Gasteiger partial charge on any atom is 0.277 e. The van der Waals surface area contributed by atoms with Gasteiger partial charge >= 0.3 is 0 Å². The maximum atomic E-state index is 13.1.